The predicted molar refractivity (Wildman–Crippen MR) is 50.4 cm³/mol. The molecule has 3 heteroatoms. The van der Waals surface area contributed by atoms with Crippen molar-refractivity contribution in [1.29, 1.82) is 0 Å². The Morgan fingerprint density at radius 1 is 1.64 bits per heavy atom. The zero-order valence-electron chi connectivity index (χ0n) is 6.74. The van der Waals surface area contributed by atoms with Gasteiger partial charge in [0.05, 0.1) is 5.69 Å². The topological polar surface area (TPSA) is 38.4 Å². The molecule has 0 aliphatic carbocycles. The molecule has 0 radical (unpaired) electrons. The van der Waals surface area contributed by atoms with E-state index in [-0.39, 0.29) is 0 Å². The number of nitrogens with zero attached hydrogens (tertiary/aromatic N) is 1. The normalized spacial score (nSPS) is 12.5. The lowest BCUT2D eigenvalue weighted by atomic mass is 10.2. The molecular formula is C8H12N2S. The van der Waals surface area contributed by atoms with Crippen LogP contribution >= 0.6 is 11.3 Å². The summed E-state index contributed by atoms with van der Waals surface area (Å²) in [6.07, 6.45) is 0. The third-order valence-corrected chi connectivity index (χ3v) is 2.03. The van der Waals surface area contributed by atoms with Crippen LogP contribution in [0.15, 0.2) is 21.8 Å². The Balaban J connectivity index is 2.74. The molecule has 0 aliphatic rings. The van der Waals surface area contributed by atoms with Crippen molar-refractivity contribution in [2.45, 2.75) is 13.8 Å². The van der Waals surface area contributed by atoms with E-state index >= 15 is 0 Å². The second-order valence-electron chi connectivity index (χ2n) is 2.67. The summed E-state index contributed by atoms with van der Waals surface area (Å²) in [6, 6.07) is 1.96. The third-order valence-electron chi connectivity index (χ3n) is 1.36. The van der Waals surface area contributed by atoms with E-state index in [1.807, 2.05) is 30.7 Å². The van der Waals surface area contributed by atoms with Gasteiger partial charge in [-0.25, -0.2) is 4.99 Å². The first-order valence-electron chi connectivity index (χ1n) is 3.56. The second-order valence-corrected chi connectivity index (χ2v) is 3.45. The van der Waals surface area contributed by atoms with Crippen molar-refractivity contribution in [3.8, 4) is 0 Å². The molecule has 0 spiro atoms. The Morgan fingerprint density at radius 2 is 2.36 bits per heavy atom. The zero-order valence-corrected chi connectivity index (χ0v) is 7.56. The van der Waals surface area contributed by atoms with Gasteiger partial charge in [-0.2, -0.15) is 11.3 Å². The molecule has 0 aromatic carbocycles. The number of aliphatic imine (C=N–C) groups is 1. The second kappa shape index (κ2) is 3.53. The molecule has 1 aromatic rings. The van der Waals surface area contributed by atoms with E-state index in [4.69, 9.17) is 5.73 Å². The van der Waals surface area contributed by atoms with E-state index in [9.17, 15) is 0 Å². The molecular weight excluding hydrogens is 156 g/mol. The van der Waals surface area contributed by atoms with Gasteiger partial charge < -0.3 is 5.73 Å². The highest BCUT2D eigenvalue weighted by Gasteiger charge is 1.98. The fourth-order valence-electron chi connectivity index (χ4n) is 0.599. The Morgan fingerprint density at radius 3 is 2.82 bits per heavy atom. The quantitative estimate of drug-likeness (QED) is 0.534. The largest absolute Gasteiger partial charge is 0.387 e. The highest BCUT2D eigenvalue weighted by molar-refractivity contribution is 7.08. The summed E-state index contributed by atoms with van der Waals surface area (Å²) in [5.41, 5.74) is 6.62. The van der Waals surface area contributed by atoms with Gasteiger partial charge in [0.2, 0.25) is 0 Å². The average molecular weight is 168 g/mol. The summed E-state index contributed by atoms with van der Waals surface area (Å²) in [4.78, 5) is 4.22. The molecule has 11 heavy (non-hydrogen) atoms. The smallest absolute Gasteiger partial charge is 0.102 e. The summed E-state index contributed by atoms with van der Waals surface area (Å²) in [7, 11) is 0. The maximum atomic E-state index is 5.66. The van der Waals surface area contributed by atoms with Crippen LogP contribution in [0.3, 0.4) is 0 Å². The molecule has 0 bridgehead atoms. The maximum absolute atomic E-state index is 5.66. The highest BCUT2D eigenvalue weighted by atomic mass is 32.1. The summed E-state index contributed by atoms with van der Waals surface area (Å²) in [5.74, 6) is 1.03. The van der Waals surface area contributed by atoms with Crippen LogP contribution in [0, 0.1) is 5.92 Å². The van der Waals surface area contributed by atoms with Crippen molar-refractivity contribution < 1.29 is 0 Å². The molecule has 0 saturated heterocycles. The Labute approximate surface area is 70.8 Å². The third kappa shape index (κ3) is 2.35. The summed E-state index contributed by atoms with van der Waals surface area (Å²) in [6.45, 7) is 4.07. The fourth-order valence-corrected chi connectivity index (χ4v) is 1.17. The maximum Gasteiger partial charge on any atom is 0.102 e. The van der Waals surface area contributed by atoms with Crippen molar-refractivity contribution in [2.24, 2.45) is 16.6 Å². The van der Waals surface area contributed by atoms with E-state index in [1.54, 1.807) is 11.3 Å². The van der Waals surface area contributed by atoms with E-state index < -0.39 is 0 Å². The number of hydrogen-bond acceptors (Lipinski definition) is 2. The molecule has 1 heterocycles. The van der Waals surface area contributed by atoms with Crippen molar-refractivity contribution in [1.82, 2.24) is 0 Å². The van der Waals surface area contributed by atoms with Crippen molar-refractivity contribution in [3.63, 3.8) is 0 Å². The van der Waals surface area contributed by atoms with Gasteiger partial charge in [-0.15, -0.1) is 0 Å². The minimum absolute atomic E-state index is 0.329. The molecule has 60 valence electrons. The summed E-state index contributed by atoms with van der Waals surface area (Å²) in [5, 5.41) is 3.97. The van der Waals surface area contributed by atoms with Gasteiger partial charge in [-0.3, -0.25) is 0 Å². The predicted octanol–water partition coefficient (Wildman–Crippen LogP) is 2.39. The zero-order chi connectivity index (χ0) is 8.27. The van der Waals surface area contributed by atoms with Crippen LogP contribution in [0.5, 0.6) is 0 Å². The number of rotatable bonds is 2. The molecule has 0 unspecified atom stereocenters. The molecule has 0 atom stereocenters. The molecule has 2 N–H and O–H groups in total. The molecule has 0 fully saturated rings. The summed E-state index contributed by atoms with van der Waals surface area (Å²) < 4.78 is 0. The summed E-state index contributed by atoms with van der Waals surface area (Å²) >= 11 is 1.63. The molecule has 0 aliphatic heterocycles. The molecule has 0 saturated carbocycles. The van der Waals surface area contributed by atoms with Crippen LogP contribution < -0.4 is 5.73 Å². The minimum Gasteiger partial charge on any atom is -0.387 e. The SMILES string of the molecule is CC(C)C(N)=Nc1ccsc1. The Hall–Kier alpha value is -0.830. The van der Waals surface area contributed by atoms with Gasteiger partial charge in [0.25, 0.3) is 0 Å². The number of thiophene rings is 1. The van der Waals surface area contributed by atoms with Crippen LogP contribution in [0.1, 0.15) is 13.8 Å². The number of hydrogen-bond donors (Lipinski definition) is 1. The van der Waals surface area contributed by atoms with Crippen molar-refractivity contribution in [2.75, 3.05) is 0 Å². The van der Waals surface area contributed by atoms with Gasteiger partial charge in [0, 0.05) is 11.3 Å². The lowest BCUT2D eigenvalue weighted by Crippen LogP contribution is -2.17. The van der Waals surface area contributed by atoms with Crippen molar-refractivity contribution in [3.05, 3.63) is 16.8 Å². The first-order chi connectivity index (χ1) is 5.20. The van der Waals surface area contributed by atoms with Gasteiger partial charge >= 0.3 is 0 Å². The number of amidine groups is 1. The highest BCUT2D eigenvalue weighted by Crippen LogP contribution is 2.16. The van der Waals surface area contributed by atoms with Gasteiger partial charge in [-0.05, 0) is 11.4 Å². The lowest BCUT2D eigenvalue weighted by Gasteiger charge is -2.01. The Bertz CT molecular complexity index is 237. The van der Waals surface area contributed by atoms with E-state index in [1.165, 1.54) is 0 Å². The van der Waals surface area contributed by atoms with Crippen LogP contribution in [-0.4, -0.2) is 5.84 Å². The van der Waals surface area contributed by atoms with Crippen molar-refractivity contribution >= 4 is 22.9 Å². The van der Waals surface area contributed by atoms with Crippen LogP contribution in [0.4, 0.5) is 5.69 Å². The monoisotopic (exact) mass is 168 g/mol. The molecule has 0 amide bonds. The fraction of sp³-hybridized carbons (Fsp3) is 0.375. The standard InChI is InChI=1S/C8H12N2S/c1-6(2)8(9)10-7-3-4-11-5-7/h3-6H,1-2H3,(H2,9,10). The molecule has 1 rings (SSSR count). The molecule has 2 nitrogen and oxygen atoms in total. The number of nitrogens with two attached hydrogens (primary N) is 1. The molecule has 1 aromatic heterocycles. The van der Waals surface area contributed by atoms with Crippen LogP contribution in [0.25, 0.3) is 0 Å². The van der Waals surface area contributed by atoms with E-state index in [0.29, 0.717) is 11.8 Å². The van der Waals surface area contributed by atoms with E-state index in [2.05, 4.69) is 4.99 Å². The van der Waals surface area contributed by atoms with Crippen LogP contribution in [-0.2, 0) is 0 Å². The van der Waals surface area contributed by atoms with Gasteiger partial charge in [-0.1, -0.05) is 13.8 Å². The van der Waals surface area contributed by atoms with E-state index in [0.717, 1.165) is 5.69 Å². The Kier molecular flexibility index (Phi) is 2.65. The lowest BCUT2D eigenvalue weighted by molar-refractivity contribution is 0.873. The average Bonchev–Trinajstić information content (AvgIpc) is 2.39. The first-order valence-corrected chi connectivity index (χ1v) is 4.50. The van der Waals surface area contributed by atoms with Gasteiger partial charge in [0.1, 0.15) is 5.84 Å². The minimum atomic E-state index is 0.329. The first kappa shape index (κ1) is 8.27. The van der Waals surface area contributed by atoms with Crippen LogP contribution in [0.2, 0.25) is 0 Å². The van der Waals surface area contributed by atoms with Gasteiger partial charge in [0.15, 0.2) is 0 Å².